The molecule has 0 saturated carbocycles. The van der Waals surface area contributed by atoms with Crippen LogP contribution in [0.1, 0.15) is 45.4 Å². The van der Waals surface area contributed by atoms with E-state index in [2.05, 4.69) is 6.92 Å². The van der Waals surface area contributed by atoms with Crippen LogP contribution in [0.25, 0.3) is 0 Å². The van der Waals surface area contributed by atoms with Gasteiger partial charge in [-0.15, -0.1) is 0 Å². The van der Waals surface area contributed by atoms with Crippen LogP contribution in [0, 0.1) is 11.8 Å². The molecule has 0 N–H and O–H groups in total. The molecule has 2 rings (SSSR count). The van der Waals surface area contributed by atoms with E-state index in [1.165, 1.54) is 0 Å². The van der Waals surface area contributed by atoms with Gasteiger partial charge in [0.25, 0.3) is 0 Å². The van der Waals surface area contributed by atoms with Gasteiger partial charge in [0.2, 0.25) is 0 Å². The van der Waals surface area contributed by atoms with Crippen molar-refractivity contribution >= 4 is 0 Å². The molecule has 0 aromatic carbocycles. The predicted octanol–water partition coefficient (Wildman–Crippen LogP) is 4.47. The number of halogens is 3. The highest BCUT2D eigenvalue weighted by molar-refractivity contribution is 5.25. The van der Waals surface area contributed by atoms with E-state index in [0.29, 0.717) is 25.2 Å². The smallest absolute Gasteiger partial charge is 0.170 e. The average molecular weight is 218 g/mol. The quantitative estimate of drug-likeness (QED) is 0.526. The molecule has 0 amide bonds. The van der Waals surface area contributed by atoms with Gasteiger partial charge in [-0.3, -0.25) is 0 Å². The van der Waals surface area contributed by atoms with E-state index in [0.717, 1.165) is 30.4 Å². The van der Waals surface area contributed by atoms with Crippen LogP contribution in [0.2, 0.25) is 0 Å². The maximum atomic E-state index is 12.8. The van der Waals surface area contributed by atoms with Gasteiger partial charge in [-0.1, -0.05) is 18.1 Å². The van der Waals surface area contributed by atoms with Crippen molar-refractivity contribution in [1.29, 1.82) is 0 Å². The summed E-state index contributed by atoms with van der Waals surface area (Å²) in [5.74, 6) is -0.733. The fourth-order valence-corrected chi connectivity index (χ4v) is 3.04. The first-order valence-electron chi connectivity index (χ1n) is 5.78. The average Bonchev–Trinajstić information content (AvgIpc) is 2.17. The van der Waals surface area contributed by atoms with Gasteiger partial charge in [0.05, 0.1) is 5.92 Å². The largest absolute Gasteiger partial charge is 0.395 e. The highest BCUT2D eigenvalue weighted by atomic mass is 19.4. The third-order valence-corrected chi connectivity index (χ3v) is 3.85. The zero-order valence-corrected chi connectivity index (χ0v) is 9.03. The van der Waals surface area contributed by atoms with Crippen molar-refractivity contribution in [1.82, 2.24) is 0 Å². The molecule has 3 heteroatoms. The maximum Gasteiger partial charge on any atom is 0.395 e. The van der Waals surface area contributed by atoms with E-state index < -0.39 is 12.1 Å². The van der Waals surface area contributed by atoms with Gasteiger partial charge in [-0.2, -0.15) is 13.2 Å². The van der Waals surface area contributed by atoms with Gasteiger partial charge in [-0.25, -0.2) is 0 Å². The van der Waals surface area contributed by atoms with Crippen molar-refractivity contribution in [3.63, 3.8) is 0 Å². The topological polar surface area (TPSA) is 0 Å². The van der Waals surface area contributed by atoms with Crippen LogP contribution in [0.3, 0.4) is 0 Å². The second kappa shape index (κ2) is 3.84. The minimum absolute atomic E-state index is 0.309. The van der Waals surface area contributed by atoms with E-state index in [-0.39, 0.29) is 0 Å². The van der Waals surface area contributed by atoms with Gasteiger partial charge in [0.1, 0.15) is 0 Å². The van der Waals surface area contributed by atoms with Gasteiger partial charge in [0, 0.05) is 0 Å². The molecule has 0 nitrogen and oxygen atoms in total. The molecule has 86 valence electrons. The molecule has 0 aromatic rings. The molecule has 2 unspecified atom stereocenters. The molecule has 0 fully saturated rings. The standard InChI is InChI=1S/C12H17F3/c1-8-6-7-11(12(13,14)15)10-5-3-2-4-9(8)10/h8,11H,2-7H2,1H3. The van der Waals surface area contributed by atoms with E-state index in [9.17, 15) is 13.2 Å². The highest BCUT2D eigenvalue weighted by Crippen LogP contribution is 2.47. The Balaban J connectivity index is 2.31. The van der Waals surface area contributed by atoms with Crippen molar-refractivity contribution in [2.24, 2.45) is 11.8 Å². The first kappa shape index (κ1) is 11.0. The number of hydrogen-bond donors (Lipinski definition) is 0. The second-order valence-electron chi connectivity index (χ2n) is 4.83. The fourth-order valence-electron chi connectivity index (χ4n) is 3.04. The Bertz CT molecular complexity index is 275. The fraction of sp³-hybridized carbons (Fsp3) is 0.833. The summed E-state index contributed by atoms with van der Waals surface area (Å²) < 4.78 is 38.4. The molecule has 2 aliphatic carbocycles. The highest BCUT2D eigenvalue weighted by Gasteiger charge is 2.45. The molecular weight excluding hydrogens is 201 g/mol. The van der Waals surface area contributed by atoms with Gasteiger partial charge < -0.3 is 0 Å². The minimum atomic E-state index is -4.02. The van der Waals surface area contributed by atoms with Crippen LogP contribution in [0.5, 0.6) is 0 Å². The molecule has 0 aliphatic heterocycles. The lowest BCUT2D eigenvalue weighted by molar-refractivity contribution is -0.169. The third kappa shape index (κ3) is 2.06. The van der Waals surface area contributed by atoms with Crippen molar-refractivity contribution < 1.29 is 13.2 Å². The normalized spacial score (nSPS) is 32.8. The minimum Gasteiger partial charge on any atom is -0.170 e. The Morgan fingerprint density at radius 2 is 1.60 bits per heavy atom. The Hall–Kier alpha value is -0.470. The van der Waals surface area contributed by atoms with Crippen LogP contribution in [0.4, 0.5) is 13.2 Å². The van der Waals surface area contributed by atoms with E-state index in [4.69, 9.17) is 0 Å². The molecule has 0 bridgehead atoms. The van der Waals surface area contributed by atoms with Gasteiger partial charge in [-0.05, 0) is 44.4 Å². The van der Waals surface area contributed by atoms with Gasteiger partial charge in [0.15, 0.2) is 0 Å². The first-order chi connectivity index (χ1) is 7.00. The van der Waals surface area contributed by atoms with Crippen LogP contribution in [0.15, 0.2) is 11.1 Å². The lowest BCUT2D eigenvalue weighted by atomic mass is 9.71. The summed E-state index contributed by atoms with van der Waals surface area (Å²) in [6.45, 7) is 2.08. The number of rotatable bonds is 0. The predicted molar refractivity (Wildman–Crippen MR) is 53.4 cm³/mol. The zero-order valence-electron chi connectivity index (χ0n) is 9.03. The molecule has 2 aliphatic rings. The monoisotopic (exact) mass is 218 g/mol. The SMILES string of the molecule is CC1CCC(C(F)(F)F)C2=C1CCCC2. The van der Waals surface area contributed by atoms with E-state index in [1.54, 1.807) is 0 Å². The first-order valence-corrected chi connectivity index (χ1v) is 5.78. The summed E-state index contributed by atoms with van der Waals surface area (Å²) in [4.78, 5) is 0. The molecule has 0 radical (unpaired) electrons. The van der Waals surface area contributed by atoms with Crippen molar-refractivity contribution in [2.45, 2.75) is 51.6 Å². The molecule has 0 heterocycles. The summed E-state index contributed by atoms with van der Waals surface area (Å²) in [7, 11) is 0. The van der Waals surface area contributed by atoms with Gasteiger partial charge >= 0.3 is 6.18 Å². The van der Waals surface area contributed by atoms with Crippen LogP contribution in [-0.4, -0.2) is 6.18 Å². The van der Waals surface area contributed by atoms with Crippen molar-refractivity contribution in [3.05, 3.63) is 11.1 Å². The summed E-state index contributed by atoms with van der Waals surface area (Å²) in [5.41, 5.74) is 1.88. The Morgan fingerprint density at radius 3 is 2.20 bits per heavy atom. The van der Waals surface area contributed by atoms with Crippen molar-refractivity contribution in [2.75, 3.05) is 0 Å². The molecule has 2 atom stereocenters. The molecule has 15 heavy (non-hydrogen) atoms. The van der Waals surface area contributed by atoms with Crippen LogP contribution >= 0.6 is 0 Å². The third-order valence-electron chi connectivity index (χ3n) is 3.85. The van der Waals surface area contributed by atoms with Crippen molar-refractivity contribution in [3.8, 4) is 0 Å². The molecule has 0 aromatic heterocycles. The Morgan fingerprint density at radius 1 is 1.00 bits per heavy atom. The summed E-state index contributed by atoms with van der Waals surface area (Å²) in [6.07, 6.45) is 0.614. The second-order valence-corrected chi connectivity index (χ2v) is 4.83. The zero-order chi connectivity index (χ0) is 11.1. The maximum absolute atomic E-state index is 12.8. The number of alkyl halides is 3. The Kier molecular flexibility index (Phi) is 2.82. The van der Waals surface area contributed by atoms with Crippen LogP contribution in [-0.2, 0) is 0 Å². The number of hydrogen-bond acceptors (Lipinski definition) is 0. The summed E-state index contributed by atoms with van der Waals surface area (Å²) in [6, 6.07) is 0. The van der Waals surface area contributed by atoms with E-state index in [1.807, 2.05) is 0 Å². The lowest BCUT2D eigenvalue weighted by Crippen LogP contribution is -2.31. The van der Waals surface area contributed by atoms with E-state index >= 15 is 0 Å². The number of allylic oxidation sites excluding steroid dienone is 2. The summed E-state index contributed by atoms with van der Waals surface area (Å²) >= 11 is 0. The molecular formula is C12H17F3. The molecule has 0 saturated heterocycles. The lowest BCUT2D eigenvalue weighted by Gasteiger charge is -2.36. The Labute approximate surface area is 88.5 Å². The van der Waals surface area contributed by atoms with Crippen LogP contribution < -0.4 is 0 Å². The molecule has 0 spiro atoms. The summed E-state index contributed by atoms with van der Waals surface area (Å²) in [5, 5.41) is 0.